The van der Waals surface area contributed by atoms with Crippen LogP contribution in [0.5, 0.6) is 0 Å². The molecule has 1 N–H and O–H groups in total. The summed E-state index contributed by atoms with van der Waals surface area (Å²) in [5.74, 6) is -0.359. The second kappa shape index (κ2) is 9.40. The van der Waals surface area contributed by atoms with Crippen molar-refractivity contribution in [3.63, 3.8) is 0 Å². The van der Waals surface area contributed by atoms with Crippen molar-refractivity contribution >= 4 is 45.2 Å². The van der Waals surface area contributed by atoms with Gasteiger partial charge >= 0.3 is 0 Å². The van der Waals surface area contributed by atoms with Gasteiger partial charge in [0.05, 0.1) is 11.8 Å². The Hall–Kier alpha value is -2.74. The first-order valence-electron chi connectivity index (χ1n) is 10.9. The molecule has 1 aromatic carbocycles. The highest BCUT2D eigenvalue weighted by Gasteiger charge is 2.39. The molecule has 168 valence electrons. The minimum Gasteiger partial charge on any atom is -0.342 e. The Morgan fingerprint density at radius 2 is 1.94 bits per heavy atom. The second-order valence-corrected chi connectivity index (χ2v) is 9.51. The summed E-state index contributed by atoms with van der Waals surface area (Å²) in [7, 11) is 0. The van der Waals surface area contributed by atoms with Crippen LogP contribution in [0.15, 0.2) is 41.0 Å². The highest BCUT2D eigenvalue weighted by molar-refractivity contribution is 9.10. The average molecular weight is 499 g/mol. The molecule has 2 saturated heterocycles. The summed E-state index contributed by atoms with van der Waals surface area (Å²) in [5, 5.41) is 2.84. The van der Waals surface area contributed by atoms with Crippen LogP contribution >= 0.6 is 15.9 Å². The van der Waals surface area contributed by atoms with Crippen LogP contribution in [-0.4, -0.2) is 47.2 Å². The van der Waals surface area contributed by atoms with E-state index in [1.165, 1.54) is 0 Å². The Kier molecular flexibility index (Phi) is 6.60. The van der Waals surface area contributed by atoms with Crippen molar-refractivity contribution in [3.8, 4) is 0 Å². The predicted molar refractivity (Wildman–Crippen MR) is 126 cm³/mol. The number of rotatable bonds is 4. The summed E-state index contributed by atoms with van der Waals surface area (Å²) in [6, 6.07) is 9.45. The van der Waals surface area contributed by atoms with E-state index in [2.05, 4.69) is 26.2 Å². The number of hydrogen-bond acceptors (Lipinski definition) is 4. The van der Waals surface area contributed by atoms with Crippen LogP contribution in [0.1, 0.15) is 30.4 Å². The van der Waals surface area contributed by atoms with Crippen molar-refractivity contribution in [3.05, 3.63) is 52.1 Å². The number of likely N-dealkylation sites (tertiary alicyclic amines) is 1. The third kappa shape index (κ3) is 4.70. The minimum absolute atomic E-state index is 0.0235. The number of carbonyl (C=O) groups is 3. The lowest BCUT2D eigenvalue weighted by Gasteiger charge is -2.33. The molecule has 0 spiro atoms. The molecule has 0 bridgehead atoms. The normalized spacial score (nSPS) is 21.0. The SMILES string of the molecule is Cc1cccc(N2CC(C(=O)N3CCCC(C(=O)Nc4ccc(Br)cn4)C3)CC2=O)c1C. The maximum Gasteiger partial charge on any atom is 0.230 e. The predicted octanol–water partition coefficient (Wildman–Crippen LogP) is 3.69. The van der Waals surface area contributed by atoms with Crippen LogP contribution in [0.3, 0.4) is 0 Å². The fourth-order valence-corrected chi connectivity index (χ4v) is 4.70. The number of hydrogen-bond donors (Lipinski definition) is 1. The molecule has 2 atom stereocenters. The van der Waals surface area contributed by atoms with E-state index < -0.39 is 0 Å². The summed E-state index contributed by atoms with van der Waals surface area (Å²) >= 11 is 3.33. The molecule has 0 aliphatic carbocycles. The van der Waals surface area contributed by atoms with Gasteiger partial charge in [-0.1, -0.05) is 12.1 Å². The number of benzene rings is 1. The fraction of sp³-hybridized carbons (Fsp3) is 0.417. The van der Waals surface area contributed by atoms with E-state index in [1.54, 1.807) is 22.1 Å². The van der Waals surface area contributed by atoms with Gasteiger partial charge in [0, 0.05) is 42.4 Å². The zero-order chi connectivity index (χ0) is 22.8. The Morgan fingerprint density at radius 3 is 2.69 bits per heavy atom. The van der Waals surface area contributed by atoms with Gasteiger partial charge in [-0.15, -0.1) is 0 Å². The highest BCUT2D eigenvalue weighted by Crippen LogP contribution is 2.31. The lowest BCUT2D eigenvalue weighted by atomic mass is 9.95. The average Bonchev–Trinajstić information content (AvgIpc) is 3.18. The van der Waals surface area contributed by atoms with Gasteiger partial charge in [0.2, 0.25) is 17.7 Å². The van der Waals surface area contributed by atoms with E-state index in [9.17, 15) is 14.4 Å². The number of amides is 3. The van der Waals surface area contributed by atoms with Gasteiger partial charge in [-0.25, -0.2) is 4.98 Å². The molecule has 8 heteroatoms. The van der Waals surface area contributed by atoms with E-state index >= 15 is 0 Å². The van der Waals surface area contributed by atoms with Crippen LogP contribution < -0.4 is 10.2 Å². The van der Waals surface area contributed by atoms with Crippen LogP contribution in [-0.2, 0) is 14.4 Å². The van der Waals surface area contributed by atoms with E-state index in [0.29, 0.717) is 25.5 Å². The van der Waals surface area contributed by atoms with E-state index in [-0.39, 0.29) is 36.0 Å². The summed E-state index contributed by atoms with van der Waals surface area (Å²) < 4.78 is 0.839. The molecule has 3 heterocycles. The Labute approximate surface area is 196 Å². The molecule has 2 aliphatic heterocycles. The Balaban J connectivity index is 1.40. The van der Waals surface area contributed by atoms with Gasteiger partial charge in [-0.2, -0.15) is 0 Å². The van der Waals surface area contributed by atoms with Crippen LogP contribution in [0.25, 0.3) is 0 Å². The molecule has 7 nitrogen and oxygen atoms in total. The molecule has 2 unspecified atom stereocenters. The van der Waals surface area contributed by atoms with Crippen LogP contribution in [0.2, 0.25) is 0 Å². The first kappa shape index (κ1) is 22.5. The first-order chi connectivity index (χ1) is 15.3. The van der Waals surface area contributed by atoms with Crippen molar-refractivity contribution < 1.29 is 14.4 Å². The van der Waals surface area contributed by atoms with Crippen molar-refractivity contribution in [2.75, 3.05) is 29.9 Å². The maximum atomic E-state index is 13.2. The molecule has 3 amide bonds. The molecule has 0 radical (unpaired) electrons. The molecule has 1 aromatic heterocycles. The third-order valence-electron chi connectivity index (χ3n) is 6.42. The fourth-order valence-electron chi connectivity index (χ4n) is 4.46. The summed E-state index contributed by atoms with van der Waals surface area (Å²) in [6.45, 7) is 5.40. The third-order valence-corrected chi connectivity index (χ3v) is 6.89. The summed E-state index contributed by atoms with van der Waals surface area (Å²) in [5.41, 5.74) is 3.06. The van der Waals surface area contributed by atoms with Gasteiger partial charge < -0.3 is 15.1 Å². The van der Waals surface area contributed by atoms with Gasteiger partial charge in [-0.3, -0.25) is 14.4 Å². The molecule has 0 saturated carbocycles. The molecule has 2 aromatic rings. The van der Waals surface area contributed by atoms with Gasteiger partial charge in [0.25, 0.3) is 0 Å². The number of nitrogens with zero attached hydrogens (tertiary/aromatic N) is 3. The van der Waals surface area contributed by atoms with Gasteiger partial charge in [-0.05, 0) is 71.9 Å². The number of aryl methyl sites for hydroxylation is 1. The quantitative estimate of drug-likeness (QED) is 0.696. The highest BCUT2D eigenvalue weighted by atomic mass is 79.9. The summed E-state index contributed by atoms with van der Waals surface area (Å²) in [6.07, 6.45) is 3.33. The van der Waals surface area contributed by atoms with E-state index in [1.807, 2.05) is 38.1 Å². The summed E-state index contributed by atoms with van der Waals surface area (Å²) in [4.78, 5) is 46.4. The molecule has 32 heavy (non-hydrogen) atoms. The van der Waals surface area contributed by atoms with Crippen molar-refractivity contribution in [1.29, 1.82) is 0 Å². The van der Waals surface area contributed by atoms with E-state index in [4.69, 9.17) is 0 Å². The van der Waals surface area contributed by atoms with Crippen molar-refractivity contribution in [2.45, 2.75) is 33.1 Å². The number of pyridine rings is 1. The number of halogens is 1. The maximum absolute atomic E-state index is 13.2. The minimum atomic E-state index is -0.377. The van der Waals surface area contributed by atoms with Crippen LogP contribution in [0.4, 0.5) is 11.5 Å². The van der Waals surface area contributed by atoms with Gasteiger partial charge in [0.1, 0.15) is 5.82 Å². The van der Waals surface area contributed by atoms with Crippen LogP contribution in [0, 0.1) is 25.7 Å². The monoisotopic (exact) mass is 498 g/mol. The topological polar surface area (TPSA) is 82.6 Å². The molecular formula is C24H27BrN4O3. The Bertz CT molecular complexity index is 1040. The number of anilines is 2. The Morgan fingerprint density at radius 1 is 1.12 bits per heavy atom. The number of carbonyl (C=O) groups excluding carboxylic acids is 3. The number of aromatic nitrogens is 1. The molecule has 2 fully saturated rings. The molecule has 2 aliphatic rings. The zero-order valence-corrected chi connectivity index (χ0v) is 19.9. The lowest BCUT2D eigenvalue weighted by molar-refractivity contribution is -0.138. The second-order valence-electron chi connectivity index (χ2n) is 8.60. The van der Waals surface area contributed by atoms with Crippen molar-refractivity contribution in [2.24, 2.45) is 11.8 Å². The lowest BCUT2D eigenvalue weighted by Crippen LogP contribution is -2.46. The zero-order valence-electron chi connectivity index (χ0n) is 18.3. The molecule has 4 rings (SSSR count). The van der Waals surface area contributed by atoms with E-state index in [0.717, 1.165) is 34.1 Å². The van der Waals surface area contributed by atoms with Gasteiger partial charge in [0.15, 0.2) is 0 Å². The first-order valence-corrected chi connectivity index (χ1v) is 11.7. The standard InChI is InChI=1S/C24H27BrN4O3/c1-15-5-3-7-20(16(15)2)29-14-18(11-22(29)30)24(32)28-10-4-6-17(13-28)23(31)27-21-9-8-19(25)12-26-21/h3,5,7-9,12,17-18H,4,6,10-11,13-14H2,1-2H3,(H,26,27,31). The van der Waals surface area contributed by atoms with Crippen molar-refractivity contribution in [1.82, 2.24) is 9.88 Å². The smallest absolute Gasteiger partial charge is 0.230 e. The molecular weight excluding hydrogens is 472 g/mol. The largest absolute Gasteiger partial charge is 0.342 e. The number of piperidine rings is 1. The number of nitrogens with one attached hydrogen (secondary N) is 1.